The second-order valence-electron chi connectivity index (χ2n) is 7.55. The Balaban J connectivity index is 1.40. The van der Waals surface area contributed by atoms with E-state index in [2.05, 4.69) is 19.7 Å². The van der Waals surface area contributed by atoms with E-state index in [4.69, 9.17) is 16.0 Å². The zero-order valence-corrected chi connectivity index (χ0v) is 20.7. The number of nitrogens with zero attached hydrogens (tertiary/aromatic N) is 4. The number of carbonyl (C=O) groups is 1. The van der Waals surface area contributed by atoms with Crippen LogP contribution in [0.2, 0.25) is 5.02 Å². The number of rotatable bonds is 8. The van der Waals surface area contributed by atoms with Crippen molar-refractivity contribution in [2.24, 2.45) is 0 Å². The molecule has 0 N–H and O–H groups in total. The first-order valence-electron chi connectivity index (χ1n) is 10.2. The molecule has 0 bridgehead atoms. The average Bonchev–Trinajstić information content (AvgIpc) is 3.44. The van der Waals surface area contributed by atoms with Gasteiger partial charge in [-0.05, 0) is 57.9 Å². The Morgan fingerprint density at radius 3 is 2.59 bits per heavy atom. The van der Waals surface area contributed by atoms with E-state index in [9.17, 15) is 4.79 Å². The third kappa shape index (κ3) is 4.98. The largest absolute Gasteiger partial charge is 0.410 e. The summed E-state index contributed by atoms with van der Waals surface area (Å²) < 4.78 is 7.94. The van der Waals surface area contributed by atoms with Gasteiger partial charge in [0, 0.05) is 28.5 Å². The smallest absolute Gasteiger partial charge is 0.277 e. The SMILES string of the molecule is Cc1nc(C)c(-c2nnc(SCC(=O)c3cc(C)n(CCc4ccc(Cl)cc4)c3C)o2)s1. The number of hydrogen-bond acceptors (Lipinski definition) is 7. The van der Waals surface area contributed by atoms with Crippen molar-refractivity contribution < 1.29 is 9.21 Å². The van der Waals surface area contributed by atoms with E-state index in [1.165, 1.54) is 28.7 Å². The number of thioether (sulfide) groups is 1. The number of Topliss-reactive ketones (excluding diaryl/α,β-unsaturated/α-hetero) is 1. The van der Waals surface area contributed by atoms with Crippen LogP contribution in [0, 0.1) is 27.7 Å². The molecule has 3 heterocycles. The summed E-state index contributed by atoms with van der Waals surface area (Å²) in [6.07, 6.45) is 0.872. The maximum absolute atomic E-state index is 12.9. The van der Waals surface area contributed by atoms with Crippen molar-refractivity contribution in [2.45, 2.75) is 45.9 Å². The van der Waals surface area contributed by atoms with Crippen LogP contribution in [0.4, 0.5) is 0 Å². The van der Waals surface area contributed by atoms with Gasteiger partial charge >= 0.3 is 0 Å². The maximum Gasteiger partial charge on any atom is 0.277 e. The van der Waals surface area contributed by atoms with Gasteiger partial charge in [-0.25, -0.2) is 4.98 Å². The van der Waals surface area contributed by atoms with E-state index in [0.717, 1.165) is 50.5 Å². The molecule has 0 aliphatic carbocycles. The molecule has 0 atom stereocenters. The molecule has 6 nitrogen and oxygen atoms in total. The molecule has 0 amide bonds. The lowest BCUT2D eigenvalue weighted by atomic mass is 10.1. The van der Waals surface area contributed by atoms with Crippen molar-refractivity contribution in [1.29, 1.82) is 0 Å². The lowest BCUT2D eigenvalue weighted by Gasteiger charge is -2.10. The molecular weight excluding hydrogens is 464 g/mol. The maximum atomic E-state index is 12.9. The highest BCUT2D eigenvalue weighted by Crippen LogP contribution is 2.31. The summed E-state index contributed by atoms with van der Waals surface area (Å²) in [5.74, 6) is 0.734. The molecule has 32 heavy (non-hydrogen) atoms. The highest BCUT2D eigenvalue weighted by Gasteiger charge is 2.19. The summed E-state index contributed by atoms with van der Waals surface area (Å²) in [5.41, 5.74) is 4.86. The summed E-state index contributed by atoms with van der Waals surface area (Å²) in [6.45, 7) is 8.69. The van der Waals surface area contributed by atoms with Crippen LogP contribution in [0.5, 0.6) is 0 Å². The highest BCUT2D eigenvalue weighted by molar-refractivity contribution is 7.99. The number of aromatic nitrogens is 4. The predicted molar refractivity (Wildman–Crippen MR) is 129 cm³/mol. The average molecular weight is 487 g/mol. The number of halogens is 1. The molecule has 0 saturated heterocycles. The number of benzene rings is 1. The van der Waals surface area contributed by atoms with Crippen LogP contribution in [0.1, 0.15) is 38.0 Å². The third-order valence-corrected chi connectivity index (χ3v) is 7.37. The van der Waals surface area contributed by atoms with E-state index in [1.807, 2.05) is 58.0 Å². The minimum atomic E-state index is 0.0467. The zero-order chi connectivity index (χ0) is 22.8. The molecule has 0 unspecified atom stereocenters. The first kappa shape index (κ1) is 22.8. The van der Waals surface area contributed by atoms with Crippen molar-refractivity contribution in [2.75, 3.05) is 5.75 Å². The fourth-order valence-electron chi connectivity index (χ4n) is 3.61. The molecule has 0 spiro atoms. The zero-order valence-electron chi connectivity index (χ0n) is 18.3. The Hall–Kier alpha value is -2.42. The molecule has 166 valence electrons. The van der Waals surface area contributed by atoms with Crippen LogP contribution in [0.15, 0.2) is 40.0 Å². The normalized spacial score (nSPS) is 11.3. The second kappa shape index (κ2) is 9.60. The van der Waals surface area contributed by atoms with E-state index in [0.29, 0.717) is 11.1 Å². The summed E-state index contributed by atoms with van der Waals surface area (Å²) in [5, 5.41) is 10.3. The third-order valence-electron chi connectivity index (χ3n) is 5.24. The van der Waals surface area contributed by atoms with Gasteiger partial charge in [0.15, 0.2) is 5.78 Å². The standard InChI is InChI=1S/C23H23ClN4O2S2/c1-13-11-19(15(3)28(13)10-9-17-5-7-18(24)8-6-17)20(29)12-31-23-27-26-22(30-23)21-14(2)25-16(4)32-21/h5-8,11H,9-10,12H2,1-4H3. The van der Waals surface area contributed by atoms with E-state index in [-0.39, 0.29) is 11.5 Å². The molecule has 0 radical (unpaired) electrons. The lowest BCUT2D eigenvalue weighted by molar-refractivity contribution is 0.102. The van der Waals surface area contributed by atoms with Gasteiger partial charge in [0.25, 0.3) is 11.1 Å². The summed E-state index contributed by atoms with van der Waals surface area (Å²) >= 11 is 8.75. The topological polar surface area (TPSA) is 73.8 Å². The lowest BCUT2D eigenvalue weighted by Crippen LogP contribution is -2.08. The fraction of sp³-hybridized carbons (Fsp3) is 0.304. The first-order valence-corrected chi connectivity index (χ1v) is 12.3. The van der Waals surface area contributed by atoms with Gasteiger partial charge in [-0.15, -0.1) is 21.5 Å². The molecule has 4 rings (SSSR count). The molecule has 0 fully saturated rings. The molecule has 3 aromatic heterocycles. The van der Waals surface area contributed by atoms with Crippen LogP contribution < -0.4 is 0 Å². The second-order valence-corrected chi connectivity index (χ2v) is 10.1. The number of ketones is 1. The Labute approximate surface area is 200 Å². The van der Waals surface area contributed by atoms with Crippen molar-refractivity contribution in [3.63, 3.8) is 0 Å². The van der Waals surface area contributed by atoms with Crippen LogP contribution in [-0.4, -0.2) is 31.3 Å². The molecule has 0 saturated carbocycles. The summed E-state index contributed by atoms with van der Waals surface area (Å²) in [4.78, 5) is 18.2. The van der Waals surface area contributed by atoms with Gasteiger partial charge in [-0.3, -0.25) is 4.79 Å². The molecule has 0 aliphatic rings. The molecular formula is C23H23ClN4O2S2. The van der Waals surface area contributed by atoms with Gasteiger partial charge < -0.3 is 8.98 Å². The fourth-order valence-corrected chi connectivity index (χ4v) is 5.23. The molecule has 9 heteroatoms. The van der Waals surface area contributed by atoms with Crippen LogP contribution >= 0.6 is 34.7 Å². The van der Waals surface area contributed by atoms with Gasteiger partial charge in [-0.1, -0.05) is 35.5 Å². The first-order chi connectivity index (χ1) is 15.3. The molecule has 4 aromatic rings. The number of carbonyl (C=O) groups excluding carboxylic acids is 1. The summed E-state index contributed by atoms with van der Waals surface area (Å²) in [6, 6.07) is 9.83. The Morgan fingerprint density at radius 1 is 1.16 bits per heavy atom. The van der Waals surface area contributed by atoms with Crippen molar-refractivity contribution in [3.8, 4) is 10.8 Å². The Kier molecular flexibility index (Phi) is 6.83. The minimum Gasteiger partial charge on any atom is -0.410 e. The molecule has 1 aromatic carbocycles. The molecule has 0 aliphatic heterocycles. The number of thiazole rings is 1. The van der Waals surface area contributed by atoms with Crippen LogP contribution in [-0.2, 0) is 13.0 Å². The van der Waals surface area contributed by atoms with Gasteiger partial charge in [0.05, 0.1) is 16.5 Å². The van der Waals surface area contributed by atoms with Gasteiger partial charge in [0.2, 0.25) is 0 Å². The van der Waals surface area contributed by atoms with Gasteiger partial charge in [-0.2, -0.15) is 0 Å². The van der Waals surface area contributed by atoms with Crippen LogP contribution in [0.3, 0.4) is 0 Å². The Bertz CT molecular complexity index is 1260. The Morgan fingerprint density at radius 2 is 1.91 bits per heavy atom. The minimum absolute atomic E-state index is 0.0467. The monoisotopic (exact) mass is 486 g/mol. The van der Waals surface area contributed by atoms with E-state index < -0.39 is 0 Å². The highest BCUT2D eigenvalue weighted by atomic mass is 35.5. The quantitative estimate of drug-likeness (QED) is 0.221. The predicted octanol–water partition coefficient (Wildman–Crippen LogP) is 6.10. The van der Waals surface area contributed by atoms with Gasteiger partial charge in [0.1, 0.15) is 4.88 Å². The summed E-state index contributed by atoms with van der Waals surface area (Å²) in [7, 11) is 0. The number of hydrogen-bond donors (Lipinski definition) is 0. The van der Waals surface area contributed by atoms with Crippen molar-refractivity contribution in [3.05, 3.63) is 68.6 Å². The van der Waals surface area contributed by atoms with Crippen molar-refractivity contribution >= 4 is 40.5 Å². The van der Waals surface area contributed by atoms with E-state index >= 15 is 0 Å². The number of aryl methyl sites for hydroxylation is 4. The van der Waals surface area contributed by atoms with Crippen molar-refractivity contribution in [1.82, 2.24) is 19.7 Å². The van der Waals surface area contributed by atoms with E-state index in [1.54, 1.807) is 0 Å². The van der Waals surface area contributed by atoms with Crippen LogP contribution in [0.25, 0.3) is 10.8 Å².